The molecule has 2 aromatic heterocycles. The molecular weight excluding hydrogens is 325 g/mol. The fourth-order valence-electron chi connectivity index (χ4n) is 3.01. The molecule has 1 saturated heterocycles. The lowest BCUT2D eigenvalue weighted by atomic mass is 10.0. The molecule has 0 bridgehead atoms. The van der Waals surface area contributed by atoms with Crippen LogP contribution in [0.5, 0.6) is 0 Å². The summed E-state index contributed by atoms with van der Waals surface area (Å²) in [5.41, 5.74) is 1.51. The minimum Gasteiger partial charge on any atom is -0.379 e. The summed E-state index contributed by atoms with van der Waals surface area (Å²) in [6.45, 7) is 3.57. The molecule has 9 heteroatoms. The van der Waals surface area contributed by atoms with Crippen molar-refractivity contribution in [1.29, 1.82) is 0 Å². The van der Waals surface area contributed by atoms with Gasteiger partial charge in [-0.3, -0.25) is 4.90 Å². The predicted molar refractivity (Wildman–Crippen MR) is 88.6 cm³/mol. The molecule has 1 atom stereocenters. The van der Waals surface area contributed by atoms with Gasteiger partial charge < -0.3 is 10.1 Å². The van der Waals surface area contributed by atoms with Crippen LogP contribution in [0.3, 0.4) is 0 Å². The Kier molecular flexibility index (Phi) is 4.49. The first-order chi connectivity index (χ1) is 12.3. The standard InChI is InChI=1S/C16H18FN7O/c17-13-3-1-2-12(10-13)14(23-6-8-25-9-7-23)11-18-15-4-5-16-19-21-22-24(16)20-15/h1-5,10,14H,6-9,11H2,(H,18,20). The third-order valence-corrected chi connectivity index (χ3v) is 4.27. The van der Waals surface area contributed by atoms with Gasteiger partial charge in [0.25, 0.3) is 0 Å². The Bertz CT molecular complexity index is 849. The number of aromatic nitrogens is 5. The maximum Gasteiger partial charge on any atom is 0.200 e. The first-order valence-corrected chi connectivity index (χ1v) is 8.16. The highest BCUT2D eigenvalue weighted by molar-refractivity contribution is 5.42. The number of nitrogens with zero attached hydrogens (tertiary/aromatic N) is 6. The van der Waals surface area contributed by atoms with E-state index in [2.05, 4.69) is 30.8 Å². The molecule has 0 spiro atoms. The van der Waals surface area contributed by atoms with E-state index in [1.54, 1.807) is 18.2 Å². The van der Waals surface area contributed by atoms with Gasteiger partial charge >= 0.3 is 0 Å². The summed E-state index contributed by atoms with van der Waals surface area (Å²) < 4.78 is 20.5. The summed E-state index contributed by atoms with van der Waals surface area (Å²) in [5.74, 6) is 0.429. The van der Waals surface area contributed by atoms with Crippen molar-refractivity contribution in [2.45, 2.75) is 6.04 Å². The van der Waals surface area contributed by atoms with E-state index in [4.69, 9.17) is 4.74 Å². The number of halogens is 1. The zero-order valence-electron chi connectivity index (χ0n) is 13.5. The molecular formula is C16H18FN7O. The van der Waals surface area contributed by atoms with Gasteiger partial charge in [-0.2, -0.15) is 0 Å². The van der Waals surface area contributed by atoms with Gasteiger partial charge in [0.2, 0.25) is 0 Å². The average Bonchev–Trinajstić information content (AvgIpc) is 3.11. The number of ether oxygens (including phenoxy) is 1. The van der Waals surface area contributed by atoms with E-state index in [1.807, 2.05) is 12.1 Å². The van der Waals surface area contributed by atoms with Crippen molar-refractivity contribution >= 4 is 11.5 Å². The first-order valence-electron chi connectivity index (χ1n) is 8.16. The molecule has 1 aliphatic rings. The Morgan fingerprint density at radius 3 is 2.92 bits per heavy atom. The smallest absolute Gasteiger partial charge is 0.200 e. The summed E-state index contributed by atoms with van der Waals surface area (Å²) in [6, 6.07) is 10.4. The van der Waals surface area contributed by atoms with Crippen LogP contribution in [0.15, 0.2) is 36.4 Å². The van der Waals surface area contributed by atoms with E-state index >= 15 is 0 Å². The Morgan fingerprint density at radius 1 is 1.20 bits per heavy atom. The van der Waals surface area contributed by atoms with Crippen molar-refractivity contribution in [3.05, 3.63) is 47.8 Å². The Morgan fingerprint density at radius 2 is 2.08 bits per heavy atom. The molecule has 1 aliphatic heterocycles. The SMILES string of the molecule is Fc1cccc(C(CNc2ccc3nnnn3n2)N2CCOCC2)c1. The topological polar surface area (TPSA) is 80.5 Å². The second kappa shape index (κ2) is 7.08. The lowest BCUT2D eigenvalue weighted by molar-refractivity contribution is 0.0186. The molecule has 0 aliphatic carbocycles. The molecule has 25 heavy (non-hydrogen) atoms. The zero-order valence-corrected chi connectivity index (χ0v) is 13.5. The van der Waals surface area contributed by atoms with Gasteiger partial charge in [-0.05, 0) is 40.3 Å². The maximum atomic E-state index is 13.7. The summed E-state index contributed by atoms with van der Waals surface area (Å²) in [7, 11) is 0. The molecule has 3 heterocycles. The van der Waals surface area contributed by atoms with Crippen LogP contribution < -0.4 is 5.32 Å². The van der Waals surface area contributed by atoms with E-state index in [-0.39, 0.29) is 11.9 Å². The molecule has 3 aromatic rings. The van der Waals surface area contributed by atoms with Gasteiger partial charge in [0.15, 0.2) is 5.65 Å². The minimum absolute atomic E-state index is 0.0194. The van der Waals surface area contributed by atoms with Crippen molar-refractivity contribution < 1.29 is 9.13 Å². The van der Waals surface area contributed by atoms with Crippen molar-refractivity contribution in [1.82, 2.24) is 30.2 Å². The second-order valence-electron chi connectivity index (χ2n) is 5.85. The van der Waals surface area contributed by atoms with E-state index in [9.17, 15) is 4.39 Å². The van der Waals surface area contributed by atoms with Crippen molar-refractivity contribution in [3.63, 3.8) is 0 Å². The van der Waals surface area contributed by atoms with Crippen LogP contribution in [0.2, 0.25) is 0 Å². The summed E-state index contributed by atoms with van der Waals surface area (Å²) in [5, 5.41) is 18.8. The molecule has 0 amide bonds. The van der Waals surface area contributed by atoms with E-state index in [1.165, 1.54) is 10.7 Å². The number of anilines is 1. The van der Waals surface area contributed by atoms with Gasteiger partial charge in [-0.1, -0.05) is 12.1 Å². The average molecular weight is 343 g/mol. The largest absolute Gasteiger partial charge is 0.379 e. The van der Waals surface area contributed by atoms with Crippen molar-refractivity contribution in [2.75, 3.05) is 38.2 Å². The highest BCUT2D eigenvalue weighted by atomic mass is 19.1. The van der Waals surface area contributed by atoms with Crippen LogP contribution in [0, 0.1) is 5.82 Å². The van der Waals surface area contributed by atoms with E-state index < -0.39 is 0 Å². The Hall–Kier alpha value is -2.65. The number of tetrazole rings is 1. The molecule has 4 rings (SSSR count). The molecule has 1 aromatic carbocycles. The summed E-state index contributed by atoms with van der Waals surface area (Å²) >= 11 is 0. The second-order valence-corrected chi connectivity index (χ2v) is 5.85. The number of fused-ring (bicyclic) bond motifs is 1. The summed E-state index contributed by atoms with van der Waals surface area (Å²) in [6.07, 6.45) is 0. The van der Waals surface area contributed by atoms with Crippen LogP contribution in [-0.4, -0.2) is 63.0 Å². The molecule has 0 saturated carbocycles. The van der Waals surface area contributed by atoms with E-state index in [0.29, 0.717) is 31.2 Å². The van der Waals surface area contributed by atoms with Gasteiger partial charge in [0.1, 0.15) is 11.6 Å². The lowest BCUT2D eigenvalue weighted by Gasteiger charge is -2.35. The number of hydrogen-bond acceptors (Lipinski definition) is 7. The number of hydrogen-bond donors (Lipinski definition) is 1. The first kappa shape index (κ1) is 15.9. The normalized spacial score (nSPS) is 16.8. The maximum absolute atomic E-state index is 13.7. The predicted octanol–water partition coefficient (Wildman–Crippen LogP) is 1.14. The van der Waals surface area contributed by atoms with Gasteiger partial charge in [0, 0.05) is 19.6 Å². The number of benzene rings is 1. The number of rotatable bonds is 5. The van der Waals surface area contributed by atoms with Gasteiger partial charge in [0.05, 0.1) is 19.3 Å². The van der Waals surface area contributed by atoms with Crippen LogP contribution >= 0.6 is 0 Å². The molecule has 130 valence electrons. The van der Waals surface area contributed by atoms with Crippen LogP contribution in [-0.2, 0) is 4.74 Å². The third-order valence-electron chi connectivity index (χ3n) is 4.27. The van der Waals surface area contributed by atoms with Crippen molar-refractivity contribution in [3.8, 4) is 0 Å². The van der Waals surface area contributed by atoms with Gasteiger partial charge in [-0.15, -0.1) is 14.8 Å². The zero-order chi connectivity index (χ0) is 17.1. The number of morpholine rings is 1. The Labute approximate surface area is 143 Å². The van der Waals surface area contributed by atoms with E-state index in [0.717, 1.165) is 18.7 Å². The quantitative estimate of drug-likeness (QED) is 0.744. The fourth-order valence-corrected chi connectivity index (χ4v) is 3.01. The fraction of sp³-hybridized carbons (Fsp3) is 0.375. The van der Waals surface area contributed by atoms with Crippen LogP contribution in [0.4, 0.5) is 10.2 Å². The highest BCUT2D eigenvalue weighted by Gasteiger charge is 2.23. The lowest BCUT2D eigenvalue weighted by Crippen LogP contribution is -2.41. The minimum atomic E-state index is -0.232. The molecule has 1 fully saturated rings. The molecule has 1 unspecified atom stereocenters. The highest BCUT2D eigenvalue weighted by Crippen LogP contribution is 2.23. The molecule has 1 N–H and O–H groups in total. The third kappa shape index (κ3) is 3.57. The van der Waals surface area contributed by atoms with Crippen LogP contribution in [0.1, 0.15) is 11.6 Å². The number of nitrogens with one attached hydrogen (secondary N) is 1. The van der Waals surface area contributed by atoms with Crippen molar-refractivity contribution in [2.24, 2.45) is 0 Å². The monoisotopic (exact) mass is 343 g/mol. The van der Waals surface area contributed by atoms with Crippen LogP contribution in [0.25, 0.3) is 5.65 Å². The molecule has 8 nitrogen and oxygen atoms in total. The van der Waals surface area contributed by atoms with Gasteiger partial charge in [-0.25, -0.2) is 4.39 Å². The Balaban J connectivity index is 1.54. The molecule has 0 radical (unpaired) electrons. The summed E-state index contributed by atoms with van der Waals surface area (Å²) in [4.78, 5) is 2.29.